The number of piperidine rings is 1. The highest BCUT2D eigenvalue weighted by Gasteiger charge is 2.43. The molecule has 88 valence electrons. The Morgan fingerprint density at radius 1 is 1.33 bits per heavy atom. The lowest BCUT2D eigenvalue weighted by Gasteiger charge is -2.47. The van der Waals surface area contributed by atoms with E-state index in [-0.39, 0.29) is 17.8 Å². The first-order valence-electron chi connectivity index (χ1n) is 5.68. The number of nitrogens with one attached hydrogen (secondary N) is 1. The van der Waals surface area contributed by atoms with Gasteiger partial charge in [-0.25, -0.2) is 0 Å². The van der Waals surface area contributed by atoms with E-state index in [0.29, 0.717) is 12.5 Å². The predicted octanol–water partition coefficient (Wildman–Crippen LogP) is 2.20. The van der Waals surface area contributed by atoms with Crippen LogP contribution >= 0.6 is 12.4 Å². The second kappa shape index (κ2) is 5.17. The zero-order chi connectivity index (χ0) is 10.0. The zero-order valence-corrected chi connectivity index (χ0v) is 9.81. The Balaban J connectivity index is 0.00000112. The molecule has 1 saturated carbocycles. The molecule has 2 N–H and O–H groups in total. The summed E-state index contributed by atoms with van der Waals surface area (Å²) in [5, 5.41) is 12.5. The normalized spacial score (nSPS) is 35.1. The van der Waals surface area contributed by atoms with Crippen molar-refractivity contribution >= 4 is 18.4 Å². The van der Waals surface area contributed by atoms with Gasteiger partial charge in [0.2, 0.25) is 0 Å². The number of hydrogen-bond acceptors (Lipinski definition) is 2. The third-order valence-electron chi connectivity index (χ3n) is 3.90. The van der Waals surface area contributed by atoms with Crippen LogP contribution < -0.4 is 5.32 Å². The maximum Gasteiger partial charge on any atom is 0.303 e. The van der Waals surface area contributed by atoms with Gasteiger partial charge in [0.1, 0.15) is 0 Å². The monoisotopic (exact) mass is 233 g/mol. The number of carboxylic acid groups (broad SMARTS) is 1. The van der Waals surface area contributed by atoms with Crippen LogP contribution in [0.25, 0.3) is 0 Å². The van der Waals surface area contributed by atoms with Gasteiger partial charge in [-0.3, -0.25) is 4.79 Å². The molecule has 0 spiro atoms. The van der Waals surface area contributed by atoms with Crippen molar-refractivity contribution in [3.63, 3.8) is 0 Å². The molecule has 2 atom stereocenters. The van der Waals surface area contributed by atoms with E-state index in [0.717, 1.165) is 25.8 Å². The second-order valence-electron chi connectivity index (χ2n) is 4.79. The summed E-state index contributed by atoms with van der Waals surface area (Å²) < 4.78 is 0. The maximum atomic E-state index is 10.9. The van der Waals surface area contributed by atoms with Gasteiger partial charge in [0.15, 0.2) is 0 Å². The largest absolute Gasteiger partial charge is 0.481 e. The van der Waals surface area contributed by atoms with Crippen LogP contribution in [0.15, 0.2) is 0 Å². The topological polar surface area (TPSA) is 49.3 Å². The summed E-state index contributed by atoms with van der Waals surface area (Å²) in [5.41, 5.74) is 0.0856. The number of hydrogen-bond donors (Lipinski definition) is 2. The summed E-state index contributed by atoms with van der Waals surface area (Å²) in [6, 6.07) is 0.473. The minimum atomic E-state index is -0.624. The summed E-state index contributed by atoms with van der Waals surface area (Å²) in [6.07, 6.45) is 7.38. The fourth-order valence-electron chi connectivity index (χ4n) is 3.24. The molecule has 1 aliphatic heterocycles. The molecule has 0 radical (unpaired) electrons. The van der Waals surface area contributed by atoms with E-state index >= 15 is 0 Å². The average molecular weight is 234 g/mol. The van der Waals surface area contributed by atoms with E-state index in [1.807, 2.05) is 0 Å². The first-order valence-corrected chi connectivity index (χ1v) is 5.68. The first-order chi connectivity index (χ1) is 6.73. The highest BCUT2D eigenvalue weighted by atomic mass is 35.5. The van der Waals surface area contributed by atoms with Gasteiger partial charge < -0.3 is 10.4 Å². The van der Waals surface area contributed by atoms with Crippen LogP contribution in [-0.4, -0.2) is 23.7 Å². The third-order valence-corrected chi connectivity index (χ3v) is 3.90. The Bertz CT molecular complexity index is 221. The van der Waals surface area contributed by atoms with Crippen LogP contribution in [0.2, 0.25) is 0 Å². The molecule has 1 saturated heterocycles. The lowest BCUT2D eigenvalue weighted by molar-refractivity contribution is -0.141. The van der Waals surface area contributed by atoms with Gasteiger partial charge in [-0.2, -0.15) is 0 Å². The molecule has 0 aromatic rings. The molecule has 0 aromatic carbocycles. The van der Waals surface area contributed by atoms with Crippen LogP contribution in [0.5, 0.6) is 0 Å². The number of carboxylic acids is 1. The van der Waals surface area contributed by atoms with Gasteiger partial charge in [0.05, 0.1) is 6.42 Å². The van der Waals surface area contributed by atoms with E-state index < -0.39 is 5.97 Å². The fourth-order valence-corrected chi connectivity index (χ4v) is 3.24. The highest BCUT2D eigenvalue weighted by Crippen LogP contribution is 2.45. The minimum absolute atomic E-state index is 0. The van der Waals surface area contributed by atoms with Crippen molar-refractivity contribution < 1.29 is 9.90 Å². The number of fused-ring (bicyclic) bond motifs is 1. The summed E-state index contributed by atoms with van der Waals surface area (Å²) in [4.78, 5) is 10.9. The van der Waals surface area contributed by atoms with E-state index in [9.17, 15) is 4.79 Å². The van der Waals surface area contributed by atoms with Crippen molar-refractivity contribution in [1.82, 2.24) is 5.32 Å². The molecular weight excluding hydrogens is 214 g/mol. The van der Waals surface area contributed by atoms with Gasteiger partial charge in [-0.15, -0.1) is 12.4 Å². The summed E-state index contributed by atoms with van der Waals surface area (Å²) in [6.45, 7) is 1.08. The van der Waals surface area contributed by atoms with Crippen LogP contribution in [0.4, 0.5) is 0 Å². The Morgan fingerprint density at radius 2 is 2.07 bits per heavy atom. The van der Waals surface area contributed by atoms with Crippen molar-refractivity contribution in [2.45, 2.75) is 51.0 Å². The van der Waals surface area contributed by atoms with Crippen molar-refractivity contribution in [1.29, 1.82) is 0 Å². The molecule has 0 bridgehead atoms. The molecule has 1 heterocycles. The van der Waals surface area contributed by atoms with Crippen molar-refractivity contribution in [3.05, 3.63) is 0 Å². The zero-order valence-electron chi connectivity index (χ0n) is 9.00. The number of rotatable bonds is 2. The molecule has 2 fully saturated rings. The number of aliphatic carboxylic acids is 1. The molecule has 0 amide bonds. The van der Waals surface area contributed by atoms with E-state index in [1.54, 1.807) is 0 Å². The molecule has 1 aliphatic carbocycles. The van der Waals surface area contributed by atoms with Gasteiger partial charge in [0, 0.05) is 6.04 Å². The fraction of sp³-hybridized carbons (Fsp3) is 0.909. The Kier molecular flexibility index (Phi) is 4.41. The van der Waals surface area contributed by atoms with Gasteiger partial charge >= 0.3 is 5.97 Å². The molecule has 4 heteroatoms. The quantitative estimate of drug-likeness (QED) is 0.769. The first kappa shape index (κ1) is 12.8. The average Bonchev–Trinajstić information content (AvgIpc) is 2.16. The van der Waals surface area contributed by atoms with Gasteiger partial charge in [-0.1, -0.05) is 12.8 Å². The Hall–Kier alpha value is -0.280. The number of halogens is 1. The summed E-state index contributed by atoms with van der Waals surface area (Å²) in [5.74, 6) is -0.624. The van der Waals surface area contributed by atoms with Crippen molar-refractivity contribution in [3.8, 4) is 0 Å². The molecular formula is C11H20ClNO2. The van der Waals surface area contributed by atoms with Crippen molar-refractivity contribution in [2.75, 3.05) is 6.54 Å². The lowest BCUT2D eigenvalue weighted by atomic mass is 9.64. The minimum Gasteiger partial charge on any atom is -0.481 e. The van der Waals surface area contributed by atoms with Crippen LogP contribution in [-0.2, 0) is 4.79 Å². The van der Waals surface area contributed by atoms with Crippen LogP contribution in [0.1, 0.15) is 44.9 Å². The number of carbonyl (C=O) groups is 1. The highest BCUT2D eigenvalue weighted by molar-refractivity contribution is 5.85. The SMILES string of the molecule is Cl.O=C(O)C[C@]12CCCC[C@H]1NCCC2. The molecule has 15 heavy (non-hydrogen) atoms. The van der Waals surface area contributed by atoms with E-state index in [4.69, 9.17) is 5.11 Å². The van der Waals surface area contributed by atoms with E-state index in [2.05, 4.69) is 5.32 Å². The summed E-state index contributed by atoms with van der Waals surface area (Å²) >= 11 is 0. The van der Waals surface area contributed by atoms with Gasteiger partial charge in [0.25, 0.3) is 0 Å². The van der Waals surface area contributed by atoms with Gasteiger partial charge in [-0.05, 0) is 37.6 Å². The molecule has 0 aromatic heterocycles. The lowest BCUT2D eigenvalue weighted by Crippen LogP contribution is -2.52. The smallest absolute Gasteiger partial charge is 0.303 e. The molecule has 0 unspecified atom stereocenters. The second-order valence-corrected chi connectivity index (χ2v) is 4.79. The Labute approximate surface area is 97.0 Å². The third kappa shape index (κ3) is 2.64. The van der Waals surface area contributed by atoms with Crippen molar-refractivity contribution in [2.24, 2.45) is 5.41 Å². The van der Waals surface area contributed by atoms with Crippen LogP contribution in [0, 0.1) is 5.41 Å². The predicted molar refractivity (Wildman–Crippen MR) is 61.4 cm³/mol. The standard InChI is InChI=1S/C11H19NO2.ClH/c13-10(14)8-11-5-2-1-4-9(11)12-7-3-6-11;/h9,12H,1-8H2,(H,13,14);1H/t9-,11-;/m1./s1. The van der Waals surface area contributed by atoms with Crippen LogP contribution in [0.3, 0.4) is 0 Å². The molecule has 2 rings (SSSR count). The van der Waals surface area contributed by atoms with E-state index in [1.165, 1.54) is 19.3 Å². The Morgan fingerprint density at radius 3 is 2.80 bits per heavy atom. The maximum absolute atomic E-state index is 10.9. The molecule has 2 aliphatic rings. The summed E-state index contributed by atoms with van der Waals surface area (Å²) in [7, 11) is 0. The molecule has 3 nitrogen and oxygen atoms in total.